The maximum Gasteiger partial charge on any atom is 0.421 e. The molecule has 0 aromatic heterocycles. The lowest BCUT2D eigenvalue weighted by atomic mass is 10.2. The van der Waals surface area contributed by atoms with Crippen molar-refractivity contribution in [2.24, 2.45) is 0 Å². The van der Waals surface area contributed by atoms with Crippen LogP contribution >= 0.6 is 15.9 Å². The van der Waals surface area contributed by atoms with Gasteiger partial charge in [-0.05, 0) is 12.1 Å². The number of alkyl halides is 5. The second kappa shape index (κ2) is 4.34. The van der Waals surface area contributed by atoms with Crippen molar-refractivity contribution in [2.75, 3.05) is 0 Å². The molecule has 0 heterocycles. The van der Waals surface area contributed by atoms with Crippen LogP contribution in [0.15, 0.2) is 22.7 Å². The summed E-state index contributed by atoms with van der Waals surface area (Å²) in [5, 5.41) is 0. The molecule has 0 spiro atoms. The lowest BCUT2D eigenvalue weighted by Crippen LogP contribution is -2.12. The maximum atomic E-state index is 12.4. The van der Waals surface area contributed by atoms with Crippen molar-refractivity contribution in [3.8, 4) is 5.75 Å². The van der Waals surface area contributed by atoms with Crippen molar-refractivity contribution >= 4 is 15.9 Å². The molecule has 0 aliphatic heterocycles. The van der Waals surface area contributed by atoms with E-state index in [0.29, 0.717) is 0 Å². The van der Waals surface area contributed by atoms with Crippen LogP contribution in [0.3, 0.4) is 0 Å². The monoisotopic (exact) mass is 290 g/mol. The summed E-state index contributed by atoms with van der Waals surface area (Å²) in [6.45, 7) is -3.29. The van der Waals surface area contributed by atoms with E-state index in [4.69, 9.17) is 0 Å². The van der Waals surface area contributed by atoms with Gasteiger partial charge < -0.3 is 4.74 Å². The first kappa shape index (κ1) is 12.2. The topological polar surface area (TPSA) is 9.23 Å². The van der Waals surface area contributed by atoms with E-state index in [-0.39, 0.29) is 4.47 Å². The summed E-state index contributed by atoms with van der Waals surface area (Å²) in [5.41, 5.74) is -1.25. The Labute approximate surface area is 90.0 Å². The van der Waals surface area contributed by atoms with E-state index in [1.807, 2.05) is 0 Å². The number of ether oxygens (including phenoxy) is 1. The van der Waals surface area contributed by atoms with E-state index in [2.05, 4.69) is 20.7 Å². The molecule has 84 valence electrons. The van der Waals surface area contributed by atoms with Gasteiger partial charge in [-0.3, -0.25) is 0 Å². The third-order valence-corrected chi connectivity index (χ3v) is 2.14. The third-order valence-electron chi connectivity index (χ3n) is 1.47. The number of halogens is 6. The molecule has 0 fully saturated rings. The standard InChI is InChI=1S/C8H4BrF5O/c9-4-2-1-3-5(15-7(10)11)6(4)8(12,13)14/h1-3,7H. The van der Waals surface area contributed by atoms with Crippen LogP contribution in [0, 0.1) is 0 Å². The first-order valence-corrected chi connectivity index (χ1v) is 4.42. The Hall–Kier alpha value is -0.850. The van der Waals surface area contributed by atoms with Gasteiger partial charge >= 0.3 is 12.8 Å². The van der Waals surface area contributed by atoms with Gasteiger partial charge in [-0.1, -0.05) is 22.0 Å². The minimum Gasteiger partial charge on any atom is -0.434 e. The smallest absolute Gasteiger partial charge is 0.421 e. The van der Waals surface area contributed by atoms with Gasteiger partial charge in [0.15, 0.2) is 0 Å². The summed E-state index contributed by atoms with van der Waals surface area (Å²) >= 11 is 2.63. The molecule has 0 saturated carbocycles. The minimum atomic E-state index is -4.75. The van der Waals surface area contributed by atoms with E-state index in [1.54, 1.807) is 0 Å². The van der Waals surface area contributed by atoms with E-state index in [1.165, 1.54) is 6.07 Å². The predicted molar refractivity (Wildman–Crippen MR) is 45.8 cm³/mol. The van der Waals surface area contributed by atoms with Crippen molar-refractivity contribution in [3.63, 3.8) is 0 Å². The molecule has 0 aliphatic carbocycles. The first-order chi connectivity index (χ1) is 6.82. The van der Waals surface area contributed by atoms with Crippen molar-refractivity contribution < 1.29 is 26.7 Å². The average molecular weight is 291 g/mol. The highest BCUT2D eigenvalue weighted by molar-refractivity contribution is 9.10. The zero-order chi connectivity index (χ0) is 11.6. The highest BCUT2D eigenvalue weighted by Gasteiger charge is 2.37. The van der Waals surface area contributed by atoms with Gasteiger partial charge in [-0.15, -0.1) is 0 Å². The van der Waals surface area contributed by atoms with Crippen molar-refractivity contribution in [1.82, 2.24) is 0 Å². The second-order valence-electron chi connectivity index (χ2n) is 2.49. The largest absolute Gasteiger partial charge is 0.434 e. The molecule has 1 nitrogen and oxygen atoms in total. The van der Waals surface area contributed by atoms with Gasteiger partial charge in [0.25, 0.3) is 0 Å². The predicted octanol–water partition coefficient (Wildman–Crippen LogP) is 4.07. The highest BCUT2D eigenvalue weighted by Crippen LogP contribution is 2.41. The lowest BCUT2D eigenvalue weighted by molar-refractivity contribution is -0.142. The molecular formula is C8H4BrF5O. The molecule has 0 atom stereocenters. The van der Waals surface area contributed by atoms with Gasteiger partial charge in [0.1, 0.15) is 11.3 Å². The van der Waals surface area contributed by atoms with E-state index >= 15 is 0 Å². The zero-order valence-electron chi connectivity index (χ0n) is 6.99. The molecule has 0 radical (unpaired) electrons. The Bertz CT molecular complexity index is 349. The van der Waals surface area contributed by atoms with Gasteiger partial charge in [0, 0.05) is 4.47 Å². The molecular weight excluding hydrogens is 287 g/mol. The minimum absolute atomic E-state index is 0.340. The lowest BCUT2D eigenvalue weighted by Gasteiger charge is -2.14. The summed E-state index contributed by atoms with van der Waals surface area (Å²) in [5.74, 6) is -0.896. The Kier molecular flexibility index (Phi) is 3.54. The van der Waals surface area contributed by atoms with E-state index in [9.17, 15) is 22.0 Å². The van der Waals surface area contributed by atoms with Crippen LogP contribution in [0.4, 0.5) is 22.0 Å². The summed E-state index contributed by atoms with van der Waals surface area (Å²) in [6, 6.07) is 3.11. The van der Waals surface area contributed by atoms with Crippen LogP contribution < -0.4 is 4.74 Å². The highest BCUT2D eigenvalue weighted by atomic mass is 79.9. The fourth-order valence-corrected chi connectivity index (χ4v) is 1.55. The molecule has 0 amide bonds. The average Bonchev–Trinajstić information content (AvgIpc) is 1.99. The molecule has 15 heavy (non-hydrogen) atoms. The fourth-order valence-electron chi connectivity index (χ4n) is 0.974. The SMILES string of the molecule is FC(F)Oc1cccc(Br)c1C(F)(F)F. The molecule has 1 aromatic rings. The summed E-state index contributed by atoms with van der Waals surface area (Å²) in [6.07, 6.45) is -4.75. The Morgan fingerprint density at radius 2 is 1.80 bits per heavy atom. The zero-order valence-corrected chi connectivity index (χ0v) is 8.57. The molecule has 0 aliphatic rings. The second-order valence-corrected chi connectivity index (χ2v) is 3.34. The molecule has 0 bridgehead atoms. The van der Waals surface area contributed by atoms with Crippen LogP contribution in [0.1, 0.15) is 5.56 Å². The van der Waals surface area contributed by atoms with Crippen molar-refractivity contribution in [1.29, 1.82) is 0 Å². The summed E-state index contributed by atoms with van der Waals surface area (Å²) in [4.78, 5) is 0. The van der Waals surface area contributed by atoms with Gasteiger partial charge in [-0.25, -0.2) is 0 Å². The Morgan fingerprint density at radius 1 is 1.20 bits per heavy atom. The van der Waals surface area contributed by atoms with E-state index in [0.717, 1.165) is 12.1 Å². The number of hydrogen-bond acceptors (Lipinski definition) is 1. The molecule has 1 aromatic carbocycles. The van der Waals surface area contributed by atoms with Crippen molar-refractivity contribution in [3.05, 3.63) is 28.2 Å². The number of rotatable bonds is 2. The molecule has 0 saturated heterocycles. The Balaban J connectivity index is 3.21. The normalized spacial score (nSPS) is 11.9. The summed E-state index contributed by atoms with van der Waals surface area (Å²) < 4.78 is 64.3. The quantitative estimate of drug-likeness (QED) is 0.746. The fraction of sp³-hybridized carbons (Fsp3) is 0.250. The number of benzene rings is 1. The summed E-state index contributed by atoms with van der Waals surface area (Å²) in [7, 11) is 0. The van der Waals surface area contributed by atoms with E-state index < -0.39 is 24.1 Å². The molecule has 0 unspecified atom stereocenters. The third kappa shape index (κ3) is 3.05. The van der Waals surface area contributed by atoms with Gasteiger partial charge in [-0.2, -0.15) is 22.0 Å². The Morgan fingerprint density at radius 3 is 2.27 bits per heavy atom. The molecule has 0 N–H and O–H groups in total. The van der Waals surface area contributed by atoms with Gasteiger partial charge in [0.2, 0.25) is 0 Å². The van der Waals surface area contributed by atoms with Crippen LogP contribution in [-0.4, -0.2) is 6.61 Å². The van der Waals surface area contributed by atoms with Crippen LogP contribution in [-0.2, 0) is 6.18 Å². The van der Waals surface area contributed by atoms with Crippen molar-refractivity contribution in [2.45, 2.75) is 12.8 Å². The van der Waals surface area contributed by atoms with Crippen LogP contribution in [0.25, 0.3) is 0 Å². The molecule has 1 rings (SSSR count). The first-order valence-electron chi connectivity index (χ1n) is 3.63. The van der Waals surface area contributed by atoms with Gasteiger partial charge in [0.05, 0.1) is 0 Å². The van der Waals surface area contributed by atoms with Crippen LogP contribution in [0.5, 0.6) is 5.75 Å². The maximum absolute atomic E-state index is 12.4. The van der Waals surface area contributed by atoms with Crippen LogP contribution in [0.2, 0.25) is 0 Å². The number of hydrogen-bond donors (Lipinski definition) is 0. The molecule has 7 heteroatoms.